The molecule has 1 aliphatic heterocycles. The number of ether oxygens (including phenoxy) is 2. The highest BCUT2D eigenvalue weighted by molar-refractivity contribution is 7.18. The molecule has 126 valence electrons. The summed E-state index contributed by atoms with van der Waals surface area (Å²) in [5.74, 6) is -0.0870. The van der Waals surface area contributed by atoms with E-state index in [1.807, 2.05) is 22.6 Å². The molecular weight excluding hydrogens is 330 g/mol. The van der Waals surface area contributed by atoms with Crippen molar-refractivity contribution >= 4 is 33.2 Å². The van der Waals surface area contributed by atoms with Gasteiger partial charge in [0.15, 0.2) is 11.3 Å². The van der Waals surface area contributed by atoms with E-state index in [9.17, 15) is 9.90 Å². The summed E-state index contributed by atoms with van der Waals surface area (Å²) < 4.78 is 12.7. The van der Waals surface area contributed by atoms with Crippen molar-refractivity contribution < 1.29 is 19.4 Å². The molecule has 0 aliphatic carbocycles. The van der Waals surface area contributed by atoms with Gasteiger partial charge in [-0.25, -0.2) is 4.98 Å². The van der Waals surface area contributed by atoms with Gasteiger partial charge in [-0.3, -0.25) is 9.20 Å². The fraction of sp³-hybridized carbons (Fsp3) is 0.375. The van der Waals surface area contributed by atoms with Crippen LogP contribution in [0.4, 0.5) is 0 Å². The maximum absolute atomic E-state index is 12.6. The van der Waals surface area contributed by atoms with Gasteiger partial charge in [-0.1, -0.05) is 17.4 Å². The van der Waals surface area contributed by atoms with Crippen molar-refractivity contribution in [1.82, 2.24) is 14.3 Å². The zero-order valence-corrected chi connectivity index (χ0v) is 14.0. The Morgan fingerprint density at radius 1 is 1.46 bits per heavy atom. The van der Waals surface area contributed by atoms with E-state index < -0.39 is 0 Å². The maximum Gasteiger partial charge on any atom is 0.265 e. The second kappa shape index (κ2) is 6.14. The smallest absolute Gasteiger partial charge is 0.265 e. The zero-order chi connectivity index (χ0) is 16.7. The quantitative estimate of drug-likeness (QED) is 0.774. The molecule has 1 N–H and O–H groups in total. The number of aliphatic hydroxyl groups excluding tert-OH is 1. The van der Waals surface area contributed by atoms with Crippen LogP contribution in [0.2, 0.25) is 0 Å². The third kappa shape index (κ3) is 2.67. The Hall–Kier alpha value is -2.00. The molecule has 3 heterocycles. The average Bonchev–Trinajstić information content (AvgIpc) is 3.29. The molecule has 0 saturated carbocycles. The van der Waals surface area contributed by atoms with Crippen molar-refractivity contribution in [3.63, 3.8) is 0 Å². The molecule has 1 aromatic carbocycles. The van der Waals surface area contributed by atoms with E-state index in [0.717, 1.165) is 21.6 Å². The van der Waals surface area contributed by atoms with Gasteiger partial charge in [0.05, 0.1) is 37.4 Å². The van der Waals surface area contributed by atoms with Gasteiger partial charge in [-0.2, -0.15) is 0 Å². The molecule has 0 spiro atoms. The Balaban J connectivity index is 1.63. The largest absolute Gasteiger partial charge is 0.392 e. The molecule has 1 amide bonds. The number of aromatic nitrogens is 2. The predicted molar refractivity (Wildman–Crippen MR) is 89.2 cm³/mol. The number of imidazole rings is 1. The number of nitrogens with zero attached hydrogens (tertiary/aromatic N) is 3. The summed E-state index contributed by atoms with van der Waals surface area (Å²) in [6.45, 7) is 1.51. The van der Waals surface area contributed by atoms with Crippen molar-refractivity contribution in [3.8, 4) is 0 Å². The number of carbonyl (C=O) groups is 1. The van der Waals surface area contributed by atoms with Gasteiger partial charge >= 0.3 is 0 Å². The Morgan fingerprint density at radius 2 is 2.25 bits per heavy atom. The Bertz CT molecular complexity index is 897. The van der Waals surface area contributed by atoms with Crippen molar-refractivity contribution in [3.05, 3.63) is 34.8 Å². The van der Waals surface area contributed by atoms with Crippen molar-refractivity contribution in [2.45, 2.75) is 12.9 Å². The molecule has 8 heteroatoms. The lowest BCUT2D eigenvalue weighted by molar-refractivity contribution is -0.0542. The van der Waals surface area contributed by atoms with E-state index in [-0.39, 0.29) is 18.8 Å². The van der Waals surface area contributed by atoms with Crippen LogP contribution in [0.5, 0.6) is 0 Å². The van der Waals surface area contributed by atoms with Crippen LogP contribution in [0.25, 0.3) is 16.0 Å². The maximum atomic E-state index is 12.6. The summed E-state index contributed by atoms with van der Waals surface area (Å²) in [7, 11) is 1.73. The number of aliphatic hydroxyl groups is 1. The van der Waals surface area contributed by atoms with Crippen molar-refractivity contribution in [2.75, 3.05) is 26.8 Å². The molecule has 1 fully saturated rings. The summed E-state index contributed by atoms with van der Waals surface area (Å²) in [5.41, 5.74) is 2.55. The Kier molecular flexibility index (Phi) is 3.97. The van der Waals surface area contributed by atoms with E-state index in [0.29, 0.717) is 24.6 Å². The lowest BCUT2D eigenvalue weighted by Gasteiger charge is -2.19. The van der Waals surface area contributed by atoms with Crippen LogP contribution in [0, 0.1) is 0 Å². The summed E-state index contributed by atoms with van der Waals surface area (Å²) in [6.07, 6.45) is 1.45. The number of hydrogen-bond donors (Lipinski definition) is 1. The van der Waals surface area contributed by atoms with E-state index in [1.54, 1.807) is 18.1 Å². The fourth-order valence-electron chi connectivity index (χ4n) is 2.76. The summed E-state index contributed by atoms with van der Waals surface area (Å²) >= 11 is 1.35. The fourth-order valence-corrected chi connectivity index (χ4v) is 3.75. The van der Waals surface area contributed by atoms with E-state index in [4.69, 9.17) is 9.47 Å². The third-order valence-electron chi connectivity index (χ3n) is 4.02. The molecule has 0 bridgehead atoms. The van der Waals surface area contributed by atoms with Gasteiger partial charge in [0.1, 0.15) is 4.88 Å². The number of amides is 1. The number of rotatable bonds is 4. The monoisotopic (exact) mass is 347 g/mol. The lowest BCUT2D eigenvalue weighted by Crippen LogP contribution is -2.34. The normalized spacial score (nSPS) is 15.6. The van der Waals surface area contributed by atoms with Crippen LogP contribution in [-0.4, -0.2) is 58.4 Å². The second-order valence-electron chi connectivity index (χ2n) is 5.70. The van der Waals surface area contributed by atoms with Crippen molar-refractivity contribution in [2.24, 2.45) is 0 Å². The first kappa shape index (κ1) is 15.5. The number of benzene rings is 1. The lowest BCUT2D eigenvalue weighted by atomic mass is 10.2. The Morgan fingerprint density at radius 3 is 3.00 bits per heavy atom. The van der Waals surface area contributed by atoms with Crippen LogP contribution < -0.4 is 0 Å². The van der Waals surface area contributed by atoms with Crippen molar-refractivity contribution in [1.29, 1.82) is 0 Å². The van der Waals surface area contributed by atoms with Crippen LogP contribution in [0.15, 0.2) is 24.4 Å². The first-order valence-electron chi connectivity index (χ1n) is 7.66. The van der Waals surface area contributed by atoms with Gasteiger partial charge in [0, 0.05) is 13.2 Å². The van der Waals surface area contributed by atoms with Crippen LogP contribution in [-0.2, 0) is 16.1 Å². The topological polar surface area (TPSA) is 76.3 Å². The molecule has 24 heavy (non-hydrogen) atoms. The van der Waals surface area contributed by atoms with Gasteiger partial charge in [0.2, 0.25) is 0 Å². The SMILES string of the molecule is CN(CC1OCCO1)C(=O)c1cn2c(nc3ccc(CO)cc32)s1. The highest BCUT2D eigenvalue weighted by atomic mass is 32.1. The molecule has 3 aromatic rings. The molecule has 1 aliphatic rings. The summed E-state index contributed by atoms with van der Waals surface area (Å²) in [5, 5.41) is 9.30. The minimum Gasteiger partial charge on any atom is -0.392 e. The molecule has 4 rings (SSSR count). The molecule has 0 radical (unpaired) electrons. The number of likely N-dealkylation sites (N-methyl/N-ethyl adjacent to an activating group) is 1. The van der Waals surface area contributed by atoms with E-state index in [1.165, 1.54) is 11.3 Å². The molecule has 7 nitrogen and oxygen atoms in total. The number of fused-ring (bicyclic) bond motifs is 3. The second-order valence-corrected chi connectivity index (χ2v) is 6.71. The number of carbonyl (C=O) groups excluding carboxylic acids is 1. The van der Waals surface area contributed by atoms with E-state index >= 15 is 0 Å². The molecule has 2 aromatic heterocycles. The minimum atomic E-state index is -0.351. The van der Waals surface area contributed by atoms with E-state index in [2.05, 4.69) is 4.98 Å². The molecule has 0 atom stereocenters. The summed E-state index contributed by atoms with van der Waals surface area (Å²) in [4.78, 5) is 20.1. The highest BCUT2D eigenvalue weighted by Crippen LogP contribution is 2.25. The standard InChI is InChI=1S/C16H17N3O4S/c1-18(8-14-22-4-5-23-14)15(21)13-7-19-12-6-10(9-20)2-3-11(12)17-16(19)24-13/h2-3,6-7,14,20H,4-5,8-9H2,1H3. The Labute approximate surface area is 142 Å². The van der Waals surface area contributed by atoms with Gasteiger partial charge < -0.3 is 19.5 Å². The molecular formula is C16H17N3O4S. The van der Waals surface area contributed by atoms with Crippen LogP contribution in [0.3, 0.4) is 0 Å². The first-order valence-corrected chi connectivity index (χ1v) is 8.47. The number of hydrogen-bond acceptors (Lipinski definition) is 6. The predicted octanol–water partition coefficient (Wildman–Crippen LogP) is 1.49. The third-order valence-corrected chi connectivity index (χ3v) is 4.99. The van der Waals surface area contributed by atoms with Gasteiger partial charge in [-0.05, 0) is 17.7 Å². The summed E-state index contributed by atoms with van der Waals surface area (Å²) in [6, 6.07) is 5.62. The van der Waals surface area contributed by atoms with Crippen LogP contribution in [0.1, 0.15) is 15.2 Å². The van der Waals surface area contributed by atoms with Crippen LogP contribution >= 0.6 is 11.3 Å². The highest BCUT2D eigenvalue weighted by Gasteiger charge is 2.23. The molecule has 0 unspecified atom stereocenters. The first-order chi connectivity index (χ1) is 11.7. The molecule has 1 saturated heterocycles. The minimum absolute atomic E-state index is 0.0246. The number of thiazole rings is 1. The zero-order valence-electron chi connectivity index (χ0n) is 13.1. The van der Waals surface area contributed by atoms with Gasteiger partial charge in [-0.15, -0.1) is 0 Å². The average molecular weight is 347 g/mol. The van der Waals surface area contributed by atoms with Gasteiger partial charge in [0.25, 0.3) is 5.91 Å².